The lowest BCUT2D eigenvalue weighted by Crippen LogP contribution is -2.38. The first-order valence-electron chi connectivity index (χ1n) is 11.0. The quantitative estimate of drug-likeness (QED) is 0.206. The number of hydrogen-bond acceptors (Lipinski definition) is 9. The van der Waals surface area contributed by atoms with E-state index >= 15 is 0 Å². The molecule has 34 heavy (non-hydrogen) atoms. The van der Waals surface area contributed by atoms with E-state index in [9.17, 15) is 15.3 Å². The second kappa shape index (κ2) is 10.7. The number of pyridine rings is 1. The van der Waals surface area contributed by atoms with Crippen LogP contribution in [0.1, 0.15) is 49.8 Å². The van der Waals surface area contributed by atoms with Crippen LogP contribution in [0.5, 0.6) is 5.75 Å². The Hall–Kier alpha value is -3.42. The van der Waals surface area contributed by atoms with Crippen molar-refractivity contribution < 1.29 is 20.1 Å². The Labute approximate surface area is 199 Å². The number of hydrogen-bond donors (Lipinski definition) is 6. The Balaban J connectivity index is 1.82. The molecule has 9 heteroatoms. The molecule has 1 saturated heterocycles. The van der Waals surface area contributed by atoms with Gasteiger partial charge in [0.15, 0.2) is 11.6 Å². The minimum Gasteiger partial charge on any atom is -0.432 e. The van der Waals surface area contributed by atoms with Crippen molar-refractivity contribution in [3.05, 3.63) is 59.4 Å². The summed E-state index contributed by atoms with van der Waals surface area (Å²) in [5.41, 5.74) is 9.46. The Morgan fingerprint density at radius 1 is 1.21 bits per heavy atom. The third kappa shape index (κ3) is 7.04. The van der Waals surface area contributed by atoms with E-state index in [1.165, 1.54) is 37.0 Å². The van der Waals surface area contributed by atoms with Gasteiger partial charge >= 0.3 is 5.97 Å². The molecule has 0 unspecified atom stereocenters. The molecule has 0 spiro atoms. The van der Waals surface area contributed by atoms with Gasteiger partial charge in [-0.1, -0.05) is 24.3 Å². The second-order valence-corrected chi connectivity index (χ2v) is 8.63. The number of rotatable bonds is 7. The summed E-state index contributed by atoms with van der Waals surface area (Å²) in [4.78, 5) is 4.09. The highest BCUT2D eigenvalue weighted by atomic mass is 16.8. The average molecular weight is 466 g/mol. The molecule has 7 N–H and O–H groups in total. The van der Waals surface area contributed by atoms with E-state index in [1.807, 2.05) is 0 Å². The van der Waals surface area contributed by atoms with Gasteiger partial charge < -0.3 is 36.6 Å². The summed E-state index contributed by atoms with van der Waals surface area (Å²) in [5, 5.41) is 41.0. The van der Waals surface area contributed by atoms with E-state index in [4.69, 9.17) is 15.9 Å². The summed E-state index contributed by atoms with van der Waals surface area (Å²) < 4.78 is 5.44. The van der Waals surface area contributed by atoms with Crippen LogP contribution in [0.4, 0.5) is 5.82 Å². The smallest absolute Gasteiger partial charge is 0.351 e. The number of anilines is 1. The summed E-state index contributed by atoms with van der Waals surface area (Å²) in [6.07, 6.45) is 7.79. The van der Waals surface area contributed by atoms with Crippen molar-refractivity contribution in [3.8, 4) is 17.6 Å². The number of nitrogens with zero attached hydrogens (tertiary/aromatic N) is 2. The maximum absolute atomic E-state index is 10.7. The lowest BCUT2D eigenvalue weighted by molar-refractivity contribution is -0.303. The SMILES string of the molecule is CC(C)(O)C#Cc1cccc(C(O)(O)Oc2cc(/C(C=N)=C/NN3CCCCC3)cnc2N)c1. The van der Waals surface area contributed by atoms with Crippen molar-refractivity contribution in [1.29, 1.82) is 5.41 Å². The van der Waals surface area contributed by atoms with Crippen molar-refractivity contribution in [2.45, 2.75) is 44.7 Å². The number of aromatic nitrogens is 1. The van der Waals surface area contributed by atoms with Gasteiger partial charge in [0.25, 0.3) is 0 Å². The van der Waals surface area contributed by atoms with E-state index < -0.39 is 11.6 Å². The Morgan fingerprint density at radius 2 is 1.94 bits per heavy atom. The minimum absolute atomic E-state index is 0.0226. The number of hydrazine groups is 1. The number of nitrogens with two attached hydrogens (primary N) is 1. The van der Waals surface area contributed by atoms with Gasteiger partial charge in [0.05, 0.1) is 5.56 Å². The van der Waals surface area contributed by atoms with Gasteiger partial charge in [-0.15, -0.1) is 0 Å². The third-order valence-electron chi connectivity index (χ3n) is 5.13. The highest BCUT2D eigenvalue weighted by molar-refractivity contribution is 6.08. The van der Waals surface area contributed by atoms with Gasteiger partial charge in [-0.2, -0.15) is 0 Å². The number of ether oxygens (including phenoxy) is 1. The van der Waals surface area contributed by atoms with Crippen LogP contribution in [0.2, 0.25) is 0 Å². The fourth-order valence-electron chi connectivity index (χ4n) is 3.32. The number of benzene rings is 1. The molecule has 0 atom stereocenters. The maximum Gasteiger partial charge on any atom is 0.351 e. The molecule has 1 fully saturated rings. The zero-order chi connectivity index (χ0) is 24.8. The summed E-state index contributed by atoms with van der Waals surface area (Å²) in [6.45, 7) is 4.95. The van der Waals surface area contributed by atoms with E-state index in [-0.39, 0.29) is 17.1 Å². The lowest BCUT2D eigenvalue weighted by Gasteiger charge is -2.26. The zero-order valence-corrected chi connectivity index (χ0v) is 19.4. The van der Waals surface area contributed by atoms with Crippen molar-refractivity contribution in [1.82, 2.24) is 15.4 Å². The first-order valence-corrected chi connectivity index (χ1v) is 11.0. The van der Waals surface area contributed by atoms with E-state index in [1.54, 1.807) is 32.2 Å². The zero-order valence-electron chi connectivity index (χ0n) is 19.4. The Bertz CT molecular complexity index is 1110. The normalized spacial score (nSPS) is 15.3. The topological polar surface area (TPSA) is 148 Å². The van der Waals surface area contributed by atoms with Gasteiger partial charge in [-0.05, 0) is 51.0 Å². The van der Waals surface area contributed by atoms with Gasteiger partial charge in [-0.3, -0.25) is 0 Å². The number of allylic oxidation sites excluding steroid dienone is 1. The monoisotopic (exact) mass is 465 g/mol. The largest absolute Gasteiger partial charge is 0.432 e. The molecule has 180 valence electrons. The molecule has 2 heterocycles. The first kappa shape index (κ1) is 25.2. The fourth-order valence-corrected chi connectivity index (χ4v) is 3.32. The second-order valence-electron chi connectivity index (χ2n) is 8.63. The highest BCUT2D eigenvalue weighted by Crippen LogP contribution is 2.30. The summed E-state index contributed by atoms with van der Waals surface area (Å²) in [6, 6.07) is 7.67. The maximum atomic E-state index is 10.7. The van der Waals surface area contributed by atoms with E-state index in [0.717, 1.165) is 25.9 Å². The lowest BCUT2D eigenvalue weighted by atomic mass is 10.1. The van der Waals surface area contributed by atoms with Gasteiger partial charge in [0, 0.05) is 48.4 Å². The predicted molar refractivity (Wildman–Crippen MR) is 130 cm³/mol. The number of piperidine rings is 1. The van der Waals surface area contributed by atoms with Crippen LogP contribution in [0.25, 0.3) is 5.57 Å². The van der Waals surface area contributed by atoms with Crippen LogP contribution in [0.15, 0.2) is 42.7 Å². The predicted octanol–water partition coefficient (Wildman–Crippen LogP) is 1.94. The molecule has 1 aliphatic rings. The fraction of sp³-hybridized carbons (Fsp3) is 0.360. The summed E-state index contributed by atoms with van der Waals surface area (Å²) >= 11 is 0. The molecule has 1 aromatic carbocycles. The number of nitrogens with one attached hydrogen (secondary N) is 2. The minimum atomic E-state index is -2.72. The molecule has 0 aliphatic carbocycles. The molecule has 0 amide bonds. The third-order valence-corrected chi connectivity index (χ3v) is 5.13. The summed E-state index contributed by atoms with van der Waals surface area (Å²) in [7, 11) is 0. The molecule has 0 saturated carbocycles. The molecule has 3 rings (SSSR count). The molecule has 1 aromatic heterocycles. The van der Waals surface area contributed by atoms with E-state index in [0.29, 0.717) is 16.7 Å². The molecule has 0 bridgehead atoms. The van der Waals surface area contributed by atoms with Gasteiger partial charge in [0.1, 0.15) is 5.60 Å². The van der Waals surface area contributed by atoms with Crippen LogP contribution in [0, 0.1) is 17.3 Å². The van der Waals surface area contributed by atoms with Crippen LogP contribution in [0.3, 0.4) is 0 Å². The standard InChI is InChI=1S/C25H31N5O4/c1-24(2,31)10-9-18-7-6-8-21(13-18)25(32,33)34-22-14-19(16-28-23(22)27)20(15-26)17-29-30-11-4-3-5-12-30/h6-8,13-17,26,29,31-33H,3-5,11-12H2,1-2H3,(H2,27,28)/b20-17+,26-15?. The summed E-state index contributed by atoms with van der Waals surface area (Å²) in [5.74, 6) is 2.64. The molecule has 2 aromatic rings. The molecular weight excluding hydrogens is 434 g/mol. The highest BCUT2D eigenvalue weighted by Gasteiger charge is 2.30. The molecule has 9 nitrogen and oxygen atoms in total. The van der Waals surface area contributed by atoms with Gasteiger partial charge in [0.2, 0.25) is 0 Å². The van der Waals surface area contributed by atoms with Crippen molar-refractivity contribution in [3.63, 3.8) is 0 Å². The Morgan fingerprint density at radius 3 is 2.62 bits per heavy atom. The molecule has 0 radical (unpaired) electrons. The van der Waals surface area contributed by atoms with Crippen molar-refractivity contribution in [2.75, 3.05) is 18.8 Å². The van der Waals surface area contributed by atoms with Crippen LogP contribution in [-0.2, 0) is 5.97 Å². The van der Waals surface area contributed by atoms with Crippen LogP contribution in [-0.4, -0.2) is 50.2 Å². The first-order chi connectivity index (χ1) is 16.1. The van der Waals surface area contributed by atoms with E-state index in [2.05, 4.69) is 27.3 Å². The van der Waals surface area contributed by atoms with Crippen LogP contribution >= 0.6 is 0 Å². The molecular formula is C25H31N5O4. The number of nitrogen functional groups attached to an aromatic ring is 1. The molecule has 1 aliphatic heterocycles. The van der Waals surface area contributed by atoms with Crippen molar-refractivity contribution in [2.24, 2.45) is 0 Å². The van der Waals surface area contributed by atoms with Crippen molar-refractivity contribution >= 4 is 17.6 Å². The number of aliphatic hydroxyl groups is 3. The van der Waals surface area contributed by atoms with Crippen LogP contribution < -0.4 is 15.9 Å². The average Bonchev–Trinajstić information content (AvgIpc) is 2.80. The van der Waals surface area contributed by atoms with Gasteiger partial charge in [-0.25, -0.2) is 9.99 Å². The Kier molecular flexibility index (Phi) is 7.91.